The van der Waals surface area contributed by atoms with E-state index in [0.717, 1.165) is 5.69 Å². The molecule has 0 unspecified atom stereocenters. The zero-order valence-electron chi connectivity index (χ0n) is 8.02. The van der Waals surface area contributed by atoms with Crippen molar-refractivity contribution in [3.63, 3.8) is 0 Å². The van der Waals surface area contributed by atoms with Gasteiger partial charge in [-0.05, 0) is 18.2 Å². The van der Waals surface area contributed by atoms with Gasteiger partial charge in [0, 0.05) is 20.2 Å². The van der Waals surface area contributed by atoms with E-state index in [0.29, 0.717) is 11.5 Å². The van der Waals surface area contributed by atoms with Crippen LogP contribution in [0.25, 0.3) is 11.5 Å². The molecule has 0 saturated heterocycles. The van der Waals surface area contributed by atoms with Crippen LogP contribution < -0.4 is 0 Å². The molecular weight excluding hydrogens is 180 g/mol. The first-order valence-corrected chi connectivity index (χ1v) is 4.27. The van der Waals surface area contributed by atoms with E-state index in [-0.39, 0.29) is 5.78 Å². The van der Waals surface area contributed by atoms with Gasteiger partial charge in [-0.3, -0.25) is 9.48 Å². The molecular formula is C10H10N2O2. The molecule has 4 heteroatoms. The van der Waals surface area contributed by atoms with Crippen molar-refractivity contribution < 1.29 is 9.21 Å². The highest BCUT2D eigenvalue weighted by atomic mass is 16.3. The minimum atomic E-state index is -0.0709. The number of aromatic nitrogens is 2. The lowest BCUT2D eigenvalue weighted by atomic mass is 10.3. The smallest absolute Gasteiger partial charge is 0.194 e. The molecule has 0 aliphatic heterocycles. The first-order valence-electron chi connectivity index (χ1n) is 4.27. The molecule has 72 valence electrons. The standard InChI is InChI=1S/C10H10N2O2/c1-7(13)9-3-4-10(14-9)8-5-6-11-12(8)2/h3-6H,1-2H3. The molecule has 0 amide bonds. The van der Waals surface area contributed by atoms with Crippen LogP contribution in [-0.4, -0.2) is 15.6 Å². The Morgan fingerprint density at radius 3 is 2.71 bits per heavy atom. The molecule has 2 heterocycles. The average Bonchev–Trinajstić information content (AvgIpc) is 2.71. The van der Waals surface area contributed by atoms with Gasteiger partial charge in [-0.2, -0.15) is 5.10 Å². The molecule has 0 aliphatic rings. The summed E-state index contributed by atoms with van der Waals surface area (Å²) in [4.78, 5) is 11.0. The minimum absolute atomic E-state index is 0.0709. The second kappa shape index (κ2) is 3.14. The fourth-order valence-electron chi connectivity index (χ4n) is 1.28. The Kier molecular flexibility index (Phi) is 1.96. The zero-order valence-corrected chi connectivity index (χ0v) is 8.02. The van der Waals surface area contributed by atoms with E-state index in [2.05, 4.69) is 5.10 Å². The van der Waals surface area contributed by atoms with E-state index < -0.39 is 0 Å². The summed E-state index contributed by atoms with van der Waals surface area (Å²) in [6, 6.07) is 5.28. The first-order chi connectivity index (χ1) is 6.68. The molecule has 0 aliphatic carbocycles. The summed E-state index contributed by atoms with van der Waals surface area (Å²) < 4.78 is 7.06. The highest BCUT2D eigenvalue weighted by molar-refractivity contribution is 5.91. The average molecular weight is 190 g/mol. The maximum atomic E-state index is 11.0. The third-order valence-electron chi connectivity index (χ3n) is 2.03. The van der Waals surface area contributed by atoms with Crippen LogP contribution >= 0.6 is 0 Å². The zero-order chi connectivity index (χ0) is 10.1. The molecule has 0 N–H and O–H groups in total. The lowest BCUT2D eigenvalue weighted by Gasteiger charge is -1.96. The highest BCUT2D eigenvalue weighted by Gasteiger charge is 2.10. The van der Waals surface area contributed by atoms with Crippen molar-refractivity contribution in [3.8, 4) is 11.5 Å². The largest absolute Gasteiger partial charge is 0.451 e. The fraction of sp³-hybridized carbons (Fsp3) is 0.200. The third kappa shape index (κ3) is 1.35. The lowest BCUT2D eigenvalue weighted by Crippen LogP contribution is -1.92. The Labute approximate surface area is 81.1 Å². The van der Waals surface area contributed by atoms with Crippen molar-refractivity contribution >= 4 is 5.78 Å². The molecule has 0 atom stereocenters. The van der Waals surface area contributed by atoms with Crippen molar-refractivity contribution in [2.24, 2.45) is 7.05 Å². The lowest BCUT2D eigenvalue weighted by molar-refractivity contribution is 0.0988. The Balaban J connectivity index is 2.43. The van der Waals surface area contributed by atoms with E-state index in [4.69, 9.17) is 4.42 Å². The summed E-state index contributed by atoms with van der Waals surface area (Å²) >= 11 is 0. The minimum Gasteiger partial charge on any atom is -0.451 e. The van der Waals surface area contributed by atoms with Crippen LogP contribution in [0.3, 0.4) is 0 Å². The van der Waals surface area contributed by atoms with Gasteiger partial charge in [0.15, 0.2) is 17.3 Å². The quantitative estimate of drug-likeness (QED) is 0.679. The van der Waals surface area contributed by atoms with Gasteiger partial charge in [0.1, 0.15) is 5.69 Å². The van der Waals surface area contributed by atoms with Crippen LogP contribution in [0.1, 0.15) is 17.5 Å². The molecule has 0 fully saturated rings. The maximum absolute atomic E-state index is 11.0. The van der Waals surface area contributed by atoms with Crippen molar-refractivity contribution in [3.05, 3.63) is 30.2 Å². The summed E-state index contributed by atoms with van der Waals surface area (Å²) in [6.45, 7) is 1.48. The normalized spacial score (nSPS) is 10.4. The van der Waals surface area contributed by atoms with E-state index in [1.54, 1.807) is 23.0 Å². The van der Waals surface area contributed by atoms with Gasteiger partial charge in [0.05, 0.1) is 0 Å². The number of ketones is 1. The second-order valence-corrected chi connectivity index (χ2v) is 3.06. The monoisotopic (exact) mass is 190 g/mol. The number of rotatable bonds is 2. The SMILES string of the molecule is CC(=O)c1ccc(-c2ccnn2C)o1. The molecule has 2 aromatic rings. The maximum Gasteiger partial charge on any atom is 0.194 e. The number of hydrogen-bond donors (Lipinski definition) is 0. The number of furan rings is 1. The first kappa shape index (κ1) is 8.74. The summed E-state index contributed by atoms with van der Waals surface area (Å²) in [5.74, 6) is 0.967. The number of aryl methyl sites for hydroxylation is 1. The Bertz CT molecular complexity index is 468. The molecule has 0 spiro atoms. The summed E-state index contributed by atoms with van der Waals surface area (Å²) in [5, 5.41) is 4.02. The van der Waals surface area contributed by atoms with Crippen LogP contribution in [0, 0.1) is 0 Å². The van der Waals surface area contributed by atoms with Gasteiger partial charge in [-0.1, -0.05) is 0 Å². The van der Waals surface area contributed by atoms with Crippen LogP contribution in [0.2, 0.25) is 0 Å². The van der Waals surface area contributed by atoms with Crippen molar-refractivity contribution in [2.45, 2.75) is 6.92 Å². The van der Waals surface area contributed by atoms with Gasteiger partial charge in [-0.15, -0.1) is 0 Å². The Hall–Kier alpha value is -1.84. The highest BCUT2D eigenvalue weighted by Crippen LogP contribution is 2.21. The number of Topliss-reactive ketones (excluding diaryl/α,β-unsaturated/α-hetero) is 1. The second-order valence-electron chi connectivity index (χ2n) is 3.06. The molecule has 2 aromatic heterocycles. The van der Waals surface area contributed by atoms with Crippen molar-refractivity contribution in [2.75, 3.05) is 0 Å². The summed E-state index contributed by atoms with van der Waals surface area (Å²) in [5.41, 5.74) is 0.859. The molecule has 0 saturated carbocycles. The van der Waals surface area contributed by atoms with E-state index in [1.165, 1.54) is 6.92 Å². The number of hydrogen-bond acceptors (Lipinski definition) is 3. The molecule has 0 bridgehead atoms. The van der Waals surface area contributed by atoms with Crippen LogP contribution in [0.5, 0.6) is 0 Å². The topological polar surface area (TPSA) is 48.0 Å². The Morgan fingerprint density at radius 1 is 1.43 bits per heavy atom. The predicted molar refractivity (Wildman–Crippen MR) is 50.9 cm³/mol. The molecule has 14 heavy (non-hydrogen) atoms. The molecule has 2 rings (SSSR count). The van der Waals surface area contributed by atoms with Gasteiger partial charge >= 0.3 is 0 Å². The van der Waals surface area contributed by atoms with Crippen LogP contribution in [0.4, 0.5) is 0 Å². The van der Waals surface area contributed by atoms with E-state index >= 15 is 0 Å². The van der Waals surface area contributed by atoms with Crippen molar-refractivity contribution in [1.29, 1.82) is 0 Å². The fourth-order valence-corrected chi connectivity index (χ4v) is 1.28. The van der Waals surface area contributed by atoms with Crippen LogP contribution in [0.15, 0.2) is 28.8 Å². The third-order valence-corrected chi connectivity index (χ3v) is 2.03. The van der Waals surface area contributed by atoms with E-state index in [1.807, 2.05) is 13.1 Å². The number of nitrogens with zero attached hydrogens (tertiary/aromatic N) is 2. The van der Waals surface area contributed by atoms with Gasteiger partial charge < -0.3 is 4.42 Å². The van der Waals surface area contributed by atoms with Crippen molar-refractivity contribution in [1.82, 2.24) is 9.78 Å². The van der Waals surface area contributed by atoms with E-state index in [9.17, 15) is 4.79 Å². The predicted octanol–water partition coefficient (Wildman–Crippen LogP) is 1.88. The molecule has 4 nitrogen and oxygen atoms in total. The van der Waals surface area contributed by atoms with Crippen LogP contribution in [-0.2, 0) is 7.05 Å². The summed E-state index contributed by atoms with van der Waals surface area (Å²) in [7, 11) is 1.82. The molecule has 0 radical (unpaired) electrons. The molecule has 0 aromatic carbocycles. The number of carbonyl (C=O) groups excluding carboxylic acids is 1. The summed E-state index contributed by atoms with van der Waals surface area (Å²) in [6.07, 6.45) is 1.69. The van der Waals surface area contributed by atoms with Gasteiger partial charge in [0.2, 0.25) is 0 Å². The number of carbonyl (C=O) groups is 1. The van der Waals surface area contributed by atoms with Gasteiger partial charge in [0.25, 0.3) is 0 Å². The Morgan fingerprint density at radius 2 is 2.21 bits per heavy atom. The van der Waals surface area contributed by atoms with Gasteiger partial charge in [-0.25, -0.2) is 0 Å².